The van der Waals surface area contributed by atoms with Crippen LogP contribution in [-0.2, 0) is 4.43 Å². The Labute approximate surface area is 323 Å². The van der Waals surface area contributed by atoms with Crippen LogP contribution in [0.15, 0.2) is 158 Å². The van der Waals surface area contributed by atoms with Gasteiger partial charge in [-0.3, -0.25) is 0 Å². The smallest absolute Gasteiger partial charge is 0.511 e. The molecule has 0 bridgehead atoms. The van der Waals surface area contributed by atoms with Crippen molar-refractivity contribution in [1.29, 1.82) is 0 Å². The zero-order valence-corrected chi connectivity index (χ0v) is 34.2. The van der Waals surface area contributed by atoms with E-state index in [9.17, 15) is 0 Å². The van der Waals surface area contributed by atoms with E-state index in [1.54, 1.807) is 6.07 Å². The molecule has 0 unspecified atom stereocenters. The molecule has 0 aliphatic carbocycles. The van der Waals surface area contributed by atoms with Crippen LogP contribution in [0.2, 0.25) is 18.1 Å². The number of hydrogen-bond acceptors (Lipinski definition) is 4. The van der Waals surface area contributed by atoms with Crippen molar-refractivity contribution in [2.45, 2.75) is 64.8 Å². The normalized spacial score (nSPS) is 12.1. The third kappa shape index (κ3) is 8.65. The molecule has 0 spiro atoms. The highest BCUT2D eigenvalue weighted by Gasteiger charge is 2.47. The second kappa shape index (κ2) is 17.5. The summed E-state index contributed by atoms with van der Waals surface area (Å²) in [6.07, 6.45) is 2.16. The Morgan fingerprint density at radius 1 is 0.556 bits per heavy atom. The Hall–Kier alpha value is -4.29. The van der Waals surface area contributed by atoms with Crippen LogP contribution in [0, 0.1) is 0 Å². The molecule has 0 saturated heterocycles. The van der Waals surface area contributed by atoms with E-state index in [4.69, 9.17) is 19.1 Å². The highest BCUT2D eigenvalue weighted by Crippen LogP contribution is 2.56. The van der Waals surface area contributed by atoms with Crippen LogP contribution < -0.4 is 20.6 Å². The fraction of sp³-hybridized carbons (Fsp3) is 0.234. The predicted octanol–water partition coefficient (Wildman–Crippen LogP) is 10.7. The Bertz CT molecular complexity index is 2160. The fourth-order valence-corrected chi connectivity index (χ4v) is 15.7. The molecular formula is C47H53BO4PSi+. The standard InChI is InChI=1S/C29H40OPSi.C18H13BO3/c1-6-32(7-2,8-3)30-29(4,5)24-25-31(26-18-12-9-13-19-26,27-20-14-10-15-21-27)28-22-16-11-17-23-28;20-19(21)22-17-7-3-6-12-8-9-15-10-13-4-1-2-5-14(13)11-16(15)18(12)17/h9-23H,6-8,24-25H2,1-5H3;1-11,20-21H/q+1;. The van der Waals surface area contributed by atoms with Gasteiger partial charge < -0.3 is 19.1 Å². The van der Waals surface area contributed by atoms with Gasteiger partial charge in [0.25, 0.3) is 0 Å². The van der Waals surface area contributed by atoms with Gasteiger partial charge in [-0.05, 0) is 114 Å². The van der Waals surface area contributed by atoms with Gasteiger partial charge in [0.1, 0.15) is 28.9 Å². The van der Waals surface area contributed by atoms with Crippen molar-refractivity contribution in [1.82, 2.24) is 0 Å². The maximum Gasteiger partial charge on any atom is 0.707 e. The van der Waals surface area contributed by atoms with E-state index in [0.29, 0.717) is 5.75 Å². The van der Waals surface area contributed by atoms with E-state index in [2.05, 4.69) is 156 Å². The zero-order valence-electron chi connectivity index (χ0n) is 32.3. The van der Waals surface area contributed by atoms with Crippen LogP contribution in [0.1, 0.15) is 41.0 Å². The molecule has 0 fully saturated rings. The highest BCUT2D eigenvalue weighted by molar-refractivity contribution is 7.95. The summed E-state index contributed by atoms with van der Waals surface area (Å²) in [6, 6.07) is 59.3. The van der Waals surface area contributed by atoms with Crippen molar-refractivity contribution < 1.29 is 19.1 Å². The van der Waals surface area contributed by atoms with Crippen LogP contribution in [0.3, 0.4) is 0 Å². The maximum atomic E-state index is 9.14. The summed E-state index contributed by atoms with van der Waals surface area (Å²) in [6.45, 7) is 11.6. The topological polar surface area (TPSA) is 58.9 Å². The van der Waals surface area contributed by atoms with Gasteiger partial charge in [0, 0.05) is 11.8 Å². The summed E-state index contributed by atoms with van der Waals surface area (Å²) >= 11 is 0. The molecular weight excluding hydrogens is 698 g/mol. The average molecular weight is 752 g/mol. The van der Waals surface area contributed by atoms with Gasteiger partial charge in [0.05, 0.1) is 11.8 Å². The molecule has 0 atom stereocenters. The summed E-state index contributed by atoms with van der Waals surface area (Å²) < 4.78 is 12.2. The molecule has 0 heterocycles. The van der Waals surface area contributed by atoms with Gasteiger partial charge in [-0.25, -0.2) is 0 Å². The van der Waals surface area contributed by atoms with E-state index < -0.39 is 22.9 Å². The molecule has 0 radical (unpaired) electrons. The van der Waals surface area contributed by atoms with E-state index in [0.717, 1.165) is 39.5 Å². The SMILES string of the molecule is CC[Si](CC)(CC)OC(C)(C)CC[P+](c1ccccc1)(c1ccccc1)c1ccccc1.OB(O)Oc1cccc2ccc3cc4ccccc4cc3c12. The molecule has 4 nitrogen and oxygen atoms in total. The van der Waals surface area contributed by atoms with E-state index in [-0.39, 0.29) is 5.60 Å². The highest BCUT2D eigenvalue weighted by atomic mass is 31.2. The Morgan fingerprint density at radius 2 is 1.02 bits per heavy atom. The largest absolute Gasteiger partial charge is 0.707 e. The third-order valence-electron chi connectivity index (χ3n) is 11.0. The molecule has 276 valence electrons. The first-order chi connectivity index (χ1) is 26.1. The maximum absolute atomic E-state index is 9.14. The van der Waals surface area contributed by atoms with E-state index in [1.165, 1.54) is 39.4 Å². The lowest BCUT2D eigenvalue weighted by molar-refractivity contribution is 0.0923. The Balaban J connectivity index is 0.000000196. The number of fused-ring (bicyclic) bond motifs is 4. The molecule has 7 heteroatoms. The number of rotatable bonds is 13. The zero-order chi connectivity index (χ0) is 38.2. The van der Waals surface area contributed by atoms with E-state index >= 15 is 0 Å². The number of hydrogen-bond donors (Lipinski definition) is 2. The first-order valence-electron chi connectivity index (χ1n) is 19.3. The van der Waals surface area contributed by atoms with Gasteiger partial charge in [-0.1, -0.05) is 124 Å². The summed E-state index contributed by atoms with van der Waals surface area (Å²) in [5.74, 6) is 0.466. The molecule has 2 N–H and O–H groups in total. The lowest BCUT2D eigenvalue weighted by Crippen LogP contribution is -2.45. The molecule has 7 aromatic carbocycles. The Kier molecular flexibility index (Phi) is 12.7. The van der Waals surface area contributed by atoms with Crippen LogP contribution in [0.25, 0.3) is 32.3 Å². The third-order valence-corrected chi connectivity index (χ3v) is 20.3. The van der Waals surface area contributed by atoms with Crippen LogP contribution in [0.5, 0.6) is 5.75 Å². The minimum atomic E-state index is -1.83. The van der Waals surface area contributed by atoms with Crippen LogP contribution in [0.4, 0.5) is 0 Å². The van der Waals surface area contributed by atoms with Crippen molar-refractivity contribution >= 4 is 71.1 Å². The molecule has 7 rings (SSSR count). The molecule has 7 aromatic rings. The first-order valence-corrected chi connectivity index (χ1v) is 23.8. The van der Waals surface area contributed by atoms with Gasteiger partial charge in [-0.2, -0.15) is 0 Å². The van der Waals surface area contributed by atoms with Gasteiger partial charge in [-0.15, -0.1) is 0 Å². The summed E-state index contributed by atoms with van der Waals surface area (Å²) in [4.78, 5) is 0. The lowest BCUT2D eigenvalue weighted by atomic mass is 9.97. The summed E-state index contributed by atoms with van der Waals surface area (Å²) in [7, 11) is -5.31. The first kappa shape index (κ1) is 39.4. The average Bonchev–Trinajstić information content (AvgIpc) is 3.21. The van der Waals surface area contributed by atoms with Crippen molar-refractivity contribution in [2.75, 3.05) is 6.16 Å². The second-order valence-electron chi connectivity index (χ2n) is 14.7. The molecule has 0 aromatic heterocycles. The van der Waals surface area contributed by atoms with E-state index in [1.807, 2.05) is 30.3 Å². The monoisotopic (exact) mass is 751 g/mol. The van der Waals surface area contributed by atoms with Crippen LogP contribution in [-0.4, -0.2) is 37.4 Å². The van der Waals surface area contributed by atoms with Crippen molar-refractivity contribution in [3.05, 3.63) is 158 Å². The van der Waals surface area contributed by atoms with Crippen molar-refractivity contribution in [3.8, 4) is 5.75 Å². The molecule has 0 aliphatic rings. The lowest BCUT2D eigenvalue weighted by Gasteiger charge is -2.39. The number of benzene rings is 7. The van der Waals surface area contributed by atoms with Gasteiger partial charge in [0.2, 0.25) is 0 Å². The predicted molar refractivity (Wildman–Crippen MR) is 237 cm³/mol. The second-order valence-corrected chi connectivity index (χ2v) is 23.0. The fourth-order valence-electron chi connectivity index (χ4n) is 7.90. The summed E-state index contributed by atoms with van der Waals surface area (Å²) in [5, 5.41) is 29.0. The Morgan fingerprint density at radius 3 is 1.52 bits per heavy atom. The van der Waals surface area contributed by atoms with Gasteiger partial charge >= 0.3 is 7.32 Å². The van der Waals surface area contributed by atoms with Crippen molar-refractivity contribution in [3.63, 3.8) is 0 Å². The van der Waals surface area contributed by atoms with Gasteiger partial charge in [0.15, 0.2) is 8.32 Å². The minimum absolute atomic E-state index is 0.127. The molecule has 0 amide bonds. The quantitative estimate of drug-likeness (QED) is 0.0533. The minimum Gasteiger partial charge on any atom is -0.511 e. The molecule has 0 saturated carbocycles. The summed E-state index contributed by atoms with van der Waals surface area (Å²) in [5.41, 5.74) is -0.127. The van der Waals surface area contributed by atoms with Crippen molar-refractivity contribution in [2.24, 2.45) is 0 Å². The molecule has 0 aliphatic heterocycles. The van der Waals surface area contributed by atoms with Crippen LogP contribution >= 0.6 is 7.26 Å². The molecule has 54 heavy (non-hydrogen) atoms.